The topological polar surface area (TPSA) is 33.3 Å². The minimum atomic E-state index is 0.109. The van der Waals surface area contributed by atoms with Gasteiger partial charge in [0.1, 0.15) is 12.4 Å². The largest absolute Gasteiger partial charge is 0.491 e. The molecule has 0 bridgehead atoms. The summed E-state index contributed by atoms with van der Waals surface area (Å²) in [5.41, 5.74) is 5.94. The molecule has 0 radical (unpaired) electrons. The van der Waals surface area contributed by atoms with Gasteiger partial charge in [-0.2, -0.15) is 0 Å². The van der Waals surface area contributed by atoms with Crippen LogP contribution in [0.3, 0.4) is 0 Å². The first-order chi connectivity index (χ1) is 11.3. The first kappa shape index (κ1) is 18.3. The summed E-state index contributed by atoms with van der Waals surface area (Å²) in [6.45, 7) is 10.9. The smallest absolute Gasteiger partial charge is 0.171 e. The zero-order chi connectivity index (χ0) is 17.7. The fourth-order valence-electron chi connectivity index (χ4n) is 2.50. The van der Waals surface area contributed by atoms with Gasteiger partial charge in [-0.3, -0.25) is 0 Å². The monoisotopic (exact) mass is 342 g/mol. The number of thiocarbonyl (C=S) groups is 1. The molecular formula is C20H26N2OS. The SMILES string of the molecule is Cc1cc(C)cc(NC(=S)N[C@@H](C)COc2ccc(C)c(C)c2)c1. The Bertz CT molecular complexity index is 707. The Morgan fingerprint density at radius 2 is 1.67 bits per heavy atom. The molecule has 0 saturated heterocycles. The summed E-state index contributed by atoms with van der Waals surface area (Å²) in [6, 6.07) is 12.6. The van der Waals surface area contributed by atoms with Gasteiger partial charge >= 0.3 is 0 Å². The third-order valence-corrected chi connectivity index (χ3v) is 4.06. The first-order valence-electron chi connectivity index (χ1n) is 8.19. The van der Waals surface area contributed by atoms with Crippen molar-refractivity contribution in [1.29, 1.82) is 0 Å². The summed E-state index contributed by atoms with van der Waals surface area (Å²) in [6.07, 6.45) is 0. The van der Waals surface area contributed by atoms with Crippen LogP contribution < -0.4 is 15.4 Å². The van der Waals surface area contributed by atoms with Gasteiger partial charge in [0.25, 0.3) is 0 Å². The van der Waals surface area contributed by atoms with Crippen molar-refractivity contribution in [3.8, 4) is 5.75 Å². The van der Waals surface area contributed by atoms with Crippen LogP contribution in [-0.2, 0) is 0 Å². The Kier molecular flexibility index (Phi) is 6.21. The van der Waals surface area contributed by atoms with Crippen molar-refractivity contribution in [2.24, 2.45) is 0 Å². The number of nitrogens with one attached hydrogen (secondary N) is 2. The van der Waals surface area contributed by atoms with Crippen molar-refractivity contribution in [2.75, 3.05) is 11.9 Å². The second-order valence-corrected chi connectivity index (χ2v) is 6.84. The van der Waals surface area contributed by atoms with Crippen LogP contribution in [0, 0.1) is 27.7 Å². The molecule has 0 aliphatic heterocycles. The average molecular weight is 343 g/mol. The summed E-state index contributed by atoms with van der Waals surface area (Å²) >= 11 is 5.39. The van der Waals surface area contributed by atoms with Crippen LogP contribution in [0.25, 0.3) is 0 Å². The molecule has 0 aromatic heterocycles. The van der Waals surface area contributed by atoms with Crippen LogP contribution in [0.2, 0.25) is 0 Å². The summed E-state index contributed by atoms with van der Waals surface area (Å²) in [4.78, 5) is 0. The standard InChI is InChI=1S/C20H26N2OS/c1-13-8-14(2)10-18(9-13)22-20(24)21-17(5)12-23-19-7-6-15(3)16(4)11-19/h6-11,17H,12H2,1-5H3,(H2,21,22,24)/t17-/m0/s1. The van der Waals surface area contributed by atoms with Gasteiger partial charge in [0.05, 0.1) is 6.04 Å². The molecule has 2 N–H and O–H groups in total. The van der Waals surface area contributed by atoms with E-state index < -0.39 is 0 Å². The molecule has 1 atom stereocenters. The third kappa shape index (κ3) is 5.53. The highest BCUT2D eigenvalue weighted by atomic mass is 32.1. The van der Waals surface area contributed by atoms with E-state index in [0.29, 0.717) is 11.7 Å². The average Bonchev–Trinajstić information content (AvgIpc) is 2.47. The molecular weight excluding hydrogens is 316 g/mol. The van der Waals surface area contributed by atoms with Crippen LogP contribution in [0.15, 0.2) is 36.4 Å². The molecule has 0 spiro atoms. The van der Waals surface area contributed by atoms with Gasteiger partial charge < -0.3 is 15.4 Å². The van der Waals surface area contributed by atoms with Gasteiger partial charge in [0.15, 0.2) is 5.11 Å². The molecule has 0 aliphatic rings. The normalized spacial score (nSPS) is 11.7. The number of aryl methyl sites for hydroxylation is 4. The predicted octanol–water partition coefficient (Wildman–Crippen LogP) is 4.67. The fourth-order valence-corrected chi connectivity index (χ4v) is 2.82. The summed E-state index contributed by atoms with van der Waals surface area (Å²) in [7, 11) is 0. The summed E-state index contributed by atoms with van der Waals surface area (Å²) in [5.74, 6) is 0.889. The second-order valence-electron chi connectivity index (χ2n) is 6.43. The zero-order valence-electron chi connectivity index (χ0n) is 15.1. The van der Waals surface area contributed by atoms with E-state index in [1.165, 1.54) is 22.3 Å². The Morgan fingerprint density at radius 3 is 2.29 bits per heavy atom. The van der Waals surface area contributed by atoms with E-state index in [9.17, 15) is 0 Å². The van der Waals surface area contributed by atoms with E-state index in [2.05, 4.69) is 75.6 Å². The van der Waals surface area contributed by atoms with E-state index in [1.54, 1.807) is 0 Å². The van der Waals surface area contributed by atoms with Gasteiger partial charge in [-0.25, -0.2) is 0 Å². The number of benzene rings is 2. The van der Waals surface area contributed by atoms with Crippen LogP contribution in [0.1, 0.15) is 29.2 Å². The summed E-state index contributed by atoms with van der Waals surface area (Å²) in [5, 5.41) is 7.10. The van der Waals surface area contributed by atoms with Crippen molar-refractivity contribution in [2.45, 2.75) is 40.7 Å². The lowest BCUT2D eigenvalue weighted by Crippen LogP contribution is -2.39. The number of hydrogen-bond donors (Lipinski definition) is 2. The van der Waals surface area contributed by atoms with E-state index in [4.69, 9.17) is 17.0 Å². The molecule has 0 aliphatic carbocycles. The Balaban J connectivity index is 1.83. The van der Waals surface area contributed by atoms with Crippen molar-refractivity contribution in [3.63, 3.8) is 0 Å². The maximum atomic E-state index is 5.84. The van der Waals surface area contributed by atoms with Crippen molar-refractivity contribution < 1.29 is 4.74 Å². The van der Waals surface area contributed by atoms with Crippen LogP contribution in [-0.4, -0.2) is 17.8 Å². The minimum Gasteiger partial charge on any atom is -0.491 e. The highest BCUT2D eigenvalue weighted by Gasteiger charge is 2.07. The Morgan fingerprint density at radius 1 is 1.00 bits per heavy atom. The number of rotatable bonds is 5. The number of ether oxygens (including phenoxy) is 1. The van der Waals surface area contributed by atoms with E-state index in [-0.39, 0.29) is 6.04 Å². The molecule has 0 amide bonds. The van der Waals surface area contributed by atoms with Gasteiger partial charge in [-0.05, 0) is 93.4 Å². The lowest BCUT2D eigenvalue weighted by molar-refractivity contribution is 0.287. The van der Waals surface area contributed by atoms with Crippen molar-refractivity contribution in [1.82, 2.24) is 5.32 Å². The zero-order valence-corrected chi connectivity index (χ0v) is 15.9. The van der Waals surface area contributed by atoms with Gasteiger partial charge in [-0.15, -0.1) is 0 Å². The number of anilines is 1. The third-order valence-electron chi connectivity index (χ3n) is 3.84. The van der Waals surface area contributed by atoms with Gasteiger partial charge in [0, 0.05) is 5.69 Å². The molecule has 4 heteroatoms. The van der Waals surface area contributed by atoms with E-state index >= 15 is 0 Å². The van der Waals surface area contributed by atoms with Gasteiger partial charge in [0.2, 0.25) is 0 Å². The molecule has 0 heterocycles. The molecule has 0 saturated carbocycles. The van der Waals surface area contributed by atoms with Crippen molar-refractivity contribution in [3.05, 3.63) is 58.7 Å². The maximum absolute atomic E-state index is 5.84. The van der Waals surface area contributed by atoms with Gasteiger partial charge in [-0.1, -0.05) is 12.1 Å². The fraction of sp³-hybridized carbons (Fsp3) is 0.350. The molecule has 2 aromatic carbocycles. The molecule has 128 valence electrons. The number of hydrogen-bond acceptors (Lipinski definition) is 2. The second kappa shape index (κ2) is 8.15. The molecule has 24 heavy (non-hydrogen) atoms. The molecule has 0 fully saturated rings. The van der Waals surface area contributed by atoms with E-state index in [0.717, 1.165) is 11.4 Å². The molecule has 2 aromatic rings. The van der Waals surface area contributed by atoms with Crippen LogP contribution in [0.4, 0.5) is 5.69 Å². The predicted molar refractivity (Wildman–Crippen MR) is 106 cm³/mol. The Hall–Kier alpha value is -2.07. The highest BCUT2D eigenvalue weighted by Crippen LogP contribution is 2.17. The molecule has 0 unspecified atom stereocenters. The quantitative estimate of drug-likeness (QED) is 0.773. The van der Waals surface area contributed by atoms with Crippen LogP contribution in [0.5, 0.6) is 5.75 Å². The lowest BCUT2D eigenvalue weighted by Gasteiger charge is -2.18. The maximum Gasteiger partial charge on any atom is 0.171 e. The minimum absolute atomic E-state index is 0.109. The van der Waals surface area contributed by atoms with E-state index in [1.807, 2.05) is 6.07 Å². The van der Waals surface area contributed by atoms with Crippen LogP contribution >= 0.6 is 12.2 Å². The molecule has 2 rings (SSSR count). The molecule has 3 nitrogen and oxygen atoms in total. The van der Waals surface area contributed by atoms with Crippen molar-refractivity contribution >= 4 is 23.0 Å². The summed E-state index contributed by atoms with van der Waals surface area (Å²) < 4.78 is 5.84. The Labute approximate surface area is 150 Å². The lowest BCUT2D eigenvalue weighted by atomic mass is 10.1. The highest BCUT2D eigenvalue weighted by molar-refractivity contribution is 7.80. The first-order valence-corrected chi connectivity index (χ1v) is 8.60.